The van der Waals surface area contributed by atoms with Crippen LogP contribution in [0.25, 0.3) is 11.8 Å². The number of allylic oxidation sites excluding steroid dienone is 1. The predicted octanol–water partition coefficient (Wildman–Crippen LogP) is 4.40. The molecule has 1 aliphatic heterocycles. The van der Waals surface area contributed by atoms with Crippen molar-refractivity contribution in [1.29, 1.82) is 0 Å². The zero-order chi connectivity index (χ0) is 32.4. The second-order valence-corrected chi connectivity index (χ2v) is 11.4. The minimum Gasteiger partial charge on any atom is -0.493 e. The Labute approximate surface area is 264 Å². The molecule has 0 unspecified atom stereocenters. The zero-order valence-corrected chi connectivity index (χ0v) is 27.1. The van der Waals surface area contributed by atoms with Gasteiger partial charge in [-0.1, -0.05) is 17.4 Å². The normalized spacial score (nSPS) is 14.6. The van der Waals surface area contributed by atoms with Gasteiger partial charge in [-0.25, -0.2) is 14.6 Å². The van der Waals surface area contributed by atoms with E-state index >= 15 is 0 Å². The van der Waals surface area contributed by atoms with Crippen LogP contribution in [0.1, 0.15) is 59.7 Å². The van der Waals surface area contributed by atoms with Crippen LogP contribution in [0.4, 0.5) is 0 Å². The summed E-state index contributed by atoms with van der Waals surface area (Å²) in [6, 6.07) is 13.8. The molecule has 0 saturated carbocycles. The number of carbonyl (C=O) groups excluding carboxylic acids is 2. The Bertz CT molecular complexity index is 2000. The van der Waals surface area contributed by atoms with Crippen molar-refractivity contribution in [1.82, 2.24) is 9.13 Å². The van der Waals surface area contributed by atoms with Gasteiger partial charge >= 0.3 is 11.9 Å². The molecule has 0 aliphatic carbocycles. The molecule has 0 N–H and O–H groups in total. The number of thiazole rings is 1. The molecule has 45 heavy (non-hydrogen) atoms. The standard InChI is InChI=1S/C34H35N3O7S/c1-8-43-27-17-23(12-15-26(27)41-6)30-29(33(40)44-9-2)20(4)35-34-37(30)31(38)28(45-34)18-24-16-19(3)36(21(24)5)25-13-10-22(11-14-25)32(39)42-7/h10-18,30H,8-9H2,1-7H3/b28-18+/t30-/m1/s1. The molecule has 2 aromatic heterocycles. The molecular weight excluding hydrogens is 594 g/mol. The Morgan fingerprint density at radius 1 is 0.956 bits per heavy atom. The van der Waals surface area contributed by atoms with Crippen molar-refractivity contribution in [2.24, 2.45) is 4.99 Å². The van der Waals surface area contributed by atoms with Crippen LogP contribution in [0.15, 0.2) is 69.6 Å². The number of hydrogen-bond acceptors (Lipinski definition) is 9. The van der Waals surface area contributed by atoms with Crippen LogP contribution in [-0.4, -0.2) is 48.5 Å². The number of esters is 2. The Balaban J connectivity index is 1.66. The number of fused-ring (bicyclic) bond motifs is 1. The molecule has 10 nitrogen and oxygen atoms in total. The van der Waals surface area contributed by atoms with E-state index < -0.39 is 18.0 Å². The Kier molecular flexibility index (Phi) is 9.10. The lowest BCUT2D eigenvalue weighted by atomic mass is 9.95. The maximum atomic E-state index is 14.2. The number of carbonyl (C=O) groups is 2. The minimum absolute atomic E-state index is 0.181. The number of methoxy groups -OCH3 is 2. The van der Waals surface area contributed by atoms with Crippen molar-refractivity contribution in [2.45, 2.75) is 40.7 Å². The summed E-state index contributed by atoms with van der Waals surface area (Å²) in [5, 5.41) is 0. The maximum absolute atomic E-state index is 14.2. The highest BCUT2D eigenvalue weighted by molar-refractivity contribution is 7.07. The molecular formula is C34H35N3O7S. The van der Waals surface area contributed by atoms with E-state index in [9.17, 15) is 14.4 Å². The van der Waals surface area contributed by atoms with Gasteiger partial charge in [-0.15, -0.1) is 0 Å². The second-order valence-electron chi connectivity index (χ2n) is 10.3. The topological polar surface area (TPSA) is 110 Å². The van der Waals surface area contributed by atoms with Gasteiger partial charge in [0.2, 0.25) is 0 Å². The van der Waals surface area contributed by atoms with Gasteiger partial charge in [-0.2, -0.15) is 0 Å². The highest BCUT2D eigenvalue weighted by Gasteiger charge is 2.34. The summed E-state index contributed by atoms with van der Waals surface area (Å²) in [5.74, 6) is 0.113. The number of aryl methyl sites for hydroxylation is 1. The number of hydrogen-bond donors (Lipinski definition) is 0. The molecule has 1 atom stereocenters. The first-order valence-electron chi connectivity index (χ1n) is 14.5. The highest BCUT2D eigenvalue weighted by Crippen LogP contribution is 2.36. The quantitative estimate of drug-likeness (QED) is 0.253. The average Bonchev–Trinajstić information content (AvgIpc) is 3.49. The summed E-state index contributed by atoms with van der Waals surface area (Å²) >= 11 is 1.26. The fourth-order valence-electron chi connectivity index (χ4n) is 5.58. The van der Waals surface area contributed by atoms with Crippen molar-refractivity contribution < 1.29 is 28.5 Å². The lowest BCUT2D eigenvalue weighted by Gasteiger charge is -2.25. The summed E-state index contributed by atoms with van der Waals surface area (Å²) in [4.78, 5) is 44.5. The van der Waals surface area contributed by atoms with Crippen molar-refractivity contribution in [2.75, 3.05) is 27.4 Å². The summed E-state index contributed by atoms with van der Waals surface area (Å²) < 4.78 is 25.6. The molecule has 0 spiro atoms. The van der Waals surface area contributed by atoms with E-state index in [-0.39, 0.29) is 17.7 Å². The fourth-order valence-corrected chi connectivity index (χ4v) is 6.61. The highest BCUT2D eigenvalue weighted by atomic mass is 32.1. The molecule has 0 radical (unpaired) electrons. The summed E-state index contributed by atoms with van der Waals surface area (Å²) in [5.41, 5.74) is 5.22. The van der Waals surface area contributed by atoms with Crippen LogP contribution >= 0.6 is 11.3 Å². The van der Waals surface area contributed by atoms with Gasteiger partial charge in [0.25, 0.3) is 5.56 Å². The van der Waals surface area contributed by atoms with Gasteiger partial charge in [-0.05, 0) is 94.3 Å². The Hall–Kier alpha value is -4.90. The van der Waals surface area contributed by atoms with Crippen LogP contribution < -0.4 is 24.4 Å². The third kappa shape index (κ3) is 5.83. The van der Waals surface area contributed by atoms with E-state index in [4.69, 9.17) is 18.9 Å². The molecule has 5 rings (SSSR count). The smallest absolute Gasteiger partial charge is 0.338 e. The molecule has 0 bridgehead atoms. The van der Waals surface area contributed by atoms with E-state index in [1.807, 2.05) is 51.1 Å². The minimum atomic E-state index is -0.784. The summed E-state index contributed by atoms with van der Waals surface area (Å²) in [7, 11) is 2.91. The lowest BCUT2D eigenvalue weighted by Crippen LogP contribution is -2.40. The fraction of sp³-hybridized carbons (Fsp3) is 0.294. The van der Waals surface area contributed by atoms with Gasteiger partial charge < -0.3 is 23.5 Å². The van der Waals surface area contributed by atoms with E-state index in [1.165, 1.54) is 18.4 Å². The number of benzene rings is 2. The van der Waals surface area contributed by atoms with Crippen LogP contribution in [0.2, 0.25) is 0 Å². The third-order valence-corrected chi connectivity index (χ3v) is 8.61. The van der Waals surface area contributed by atoms with Crippen molar-refractivity contribution in [3.05, 3.63) is 108 Å². The van der Waals surface area contributed by atoms with Gasteiger partial charge in [0.1, 0.15) is 0 Å². The van der Waals surface area contributed by atoms with Crippen molar-refractivity contribution >= 4 is 29.4 Å². The first-order chi connectivity index (χ1) is 21.6. The molecule has 3 heterocycles. The number of ether oxygens (including phenoxy) is 4. The van der Waals surface area contributed by atoms with Crippen LogP contribution in [0.3, 0.4) is 0 Å². The van der Waals surface area contributed by atoms with Crippen LogP contribution in [0.5, 0.6) is 11.5 Å². The number of aromatic nitrogens is 2. The molecule has 4 aromatic rings. The maximum Gasteiger partial charge on any atom is 0.338 e. The zero-order valence-electron chi connectivity index (χ0n) is 26.3. The largest absolute Gasteiger partial charge is 0.493 e. The average molecular weight is 630 g/mol. The second kappa shape index (κ2) is 13.0. The van der Waals surface area contributed by atoms with Gasteiger partial charge in [0.05, 0.1) is 54.8 Å². The molecule has 0 amide bonds. The summed E-state index contributed by atoms with van der Waals surface area (Å²) in [6.07, 6.45) is 1.85. The molecule has 1 aliphatic rings. The first kappa shape index (κ1) is 31.5. The van der Waals surface area contributed by atoms with E-state index in [0.29, 0.717) is 44.3 Å². The number of rotatable bonds is 9. The van der Waals surface area contributed by atoms with Crippen molar-refractivity contribution in [3.63, 3.8) is 0 Å². The van der Waals surface area contributed by atoms with E-state index in [2.05, 4.69) is 9.56 Å². The van der Waals surface area contributed by atoms with Gasteiger partial charge in [-0.3, -0.25) is 9.36 Å². The summed E-state index contributed by atoms with van der Waals surface area (Å²) in [6.45, 7) is 9.91. The molecule has 0 fully saturated rings. The molecule has 234 valence electrons. The Morgan fingerprint density at radius 2 is 1.69 bits per heavy atom. The number of nitrogens with zero attached hydrogens (tertiary/aromatic N) is 3. The Morgan fingerprint density at radius 3 is 2.33 bits per heavy atom. The van der Waals surface area contributed by atoms with Crippen molar-refractivity contribution in [3.8, 4) is 17.2 Å². The predicted molar refractivity (Wildman–Crippen MR) is 171 cm³/mol. The molecule has 0 saturated heterocycles. The van der Waals surface area contributed by atoms with E-state index in [0.717, 1.165) is 22.6 Å². The van der Waals surface area contributed by atoms with Crippen LogP contribution in [-0.2, 0) is 14.3 Å². The molecule has 11 heteroatoms. The van der Waals surface area contributed by atoms with Gasteiger partial charge in [0.15, 0.2) is 16.3 Å². The van der Waals surface area contributed by atoms with Crippen LogP contribution in [0, 0.1) is 13.8 Å². The van der Waals surface area contributed by atoms with E-state index in [1.54, 1.807) is 49.8 Å². The lowest BCUT2D eigenvalue weighted by molar-refractivity contribution is -0.139. The SMILES string of the molecule is CCOC(=O)C1=C(C)N=c2s/c(=C/c3cc(C)n(-c4ccc(C(=O)OC)cc4)c3C)c(=O)n2[C@@H]1c1ccc(OC)c(OCC)c1. The molecule has 2 aromatic carbocycles. The first-order valence-corrected chi connectivity index (χ1v) is 15.3. The van der Waals surface area contributed by atoms with Gasteiger partial charge in [0, 0.05) is 17.1 Å². The third-order valence-electron chi connectivity index (χ3n) is 7.62. The monoisotopic (exact) mass is 629 g/mol.